The van der Waals surface area contributed by atoms with E-state index in [1.54, 1.807) is 30.3 Å². The van der Waals surface area contributed by atoms with Gasteiger partial charge in [0.05, 0.1) is 18.4 Å². The highest BCUT2D eigenvalue weighted by atomic mass is 19.3. The van der Waals surface area contributed by atoms with Crippen LogP contribution in [0.3, 0.4) is 0 Å². The summed E-state index contributed by atoms with van der Waals surface area (Å²) in [4.78, 5) is 17.2. The van der Waals surface area contributed by atoms with E-state index in [4.69, 9.17) is 4.84 Å². The molecule has 1 fully saturated rings. The number of oxime groups is 1. The quantitative estimate of drug-likeness (QED) is 0.489. The molecule has 9 heteroatoms. The molecule has 2 aliphatic rings. The third-order valence-corrected chi connectivity index (χ3v) is 4.42. The fourth-order valence-electron chi connectivity index (χ4n) is 2.74. The van der Waals surface area contributed by atoms with Crippen LogP contribution in [0.5, 0.6) is 0 Å². The third kappa shape index (κ3) is 6.07. The first-order chi connectivity index (χ1) is 13.9. The Bertz CT molecular complexity index is 833. The maximum Gasteiger partial charge on any atom is 0.387 e. The van der Waals surface area contributed by atoms with Crippen LogP contribution >= 0.6 is 0 Å². The van der Waals surface area contributed by atoms with Crippen molar-refractivity contribution in [2.45, 2.75) is 32.3 Å². The number of rotatable bonds is 9. The summed E-state index contributed by atoms with van der Waals surface area (Å²) < 4.78 is 58.5. The van der Waals surface area contributed by atoms with Crippen molar-refractivity contribution >= 4 is 11.6 Å². The second-order valence-electron chi connectivity index (χ2n) is 6.80. The van der Waals surface area contributed by atoms with Crippen molar-refractivity contribution in [1.82, 2.24) is 5.32 Å². The molecule has 0 aliphatic heterocycles. The Hall–Kier alpha value is -2.84. The minimum atomic E-state index is -3.28. The van der Waals surface area contributed by atoms with Gasteiger partial charge in [-0.15, -0.1) is 0 Å². The molecule has 0 unspecified atom stereocenters. The number of nitrogens with zero attached hydrogens (tertiary/aromatic N) is 1. The largest absolute Gasteiger partial charge is 0.432 e. The van der Waals surface area contributed by atoms with E-state index in [0.29, 0.717) is 11.5 Å². The van der Waals surface area contributed by atoms with Crippen molar-refractivity contribution in [3.63, 3.8) is 0 Å². The molecule has 156 valence electrons. The molecule has 1 aromatic carbocycles. The van der Waals surface area contributed by atoms with Crippen molar-refractivity contribution in [3.8, 4) is 0 Å². The predicted octanol–water partition coefficient (Wildman–Crippen LogP) is 4.18. The maximum atomic E-state index is 14.3. The Balaban J connectivity index is 1.75. The van der Waals surface area contributed by atoms with Crippen LogP contribution in [0.15, 0.2) is 58.5 Å². The number of ether oxygens (including phenoxy) is 1. The van der Waals surface area contributed by atoms with E-state index >= 15 is 0 Å². The lowest BCUT2D eigenvalue weighted by atomic mass is 10.0. The van der Waals surface area contributed by atoms with Crippen LogP contribution in [0.1, 0.15) is 24.8 Å². The Labute approximate surface area is 165 Å². The number of carbonyl (C=O) groups is 1. The lowest BCUT2D eigenvalue weighted by Crippen LogP contribution is -2.30. The van der Waals surface area contributed by atoms with Crippen LogP contribution < -0.4 is 5.32 Å². The van der Waals surface area contributed by atoms with Crippen molar-refractivity contribution < 1.29 is 31.9 Å². The number of alkyl halides is 2. The van der Waals surface area contributed by atoms with Crippen LogP contribution in [-0.2, 0) is 20.8 Å². The van der Waals surface area contributed by atoms with Crippen LogP contribution in [0.2, 0.25) is 0 Å². The van der Waals surface area contributed by atoms with Gasteiger partial charge in [-0.2, -0.15) is 8.78 Å². The standard InChI is InChI=1S/C20H20F4N2O3/c21-15-9-16(26-28-11-13-6-7-13)19(29-20(23)24)14(18(15)22)10-25-17(27)8-12-4-2-1-3-5-12/h1-5,13,20H,6-11H2,(H,25,27)/b26-16+. The summed E-state index contributed by atoms with van der Waals surface area (Å²) in [6.45, 7) is -3.54. The highest BCUT2D eigenvalue weighted by Gasteiger charge is 2.31. The van der Waals surface area contributed by atoms with Gasteiger partial charge >= 0.3 is 6.61 Å². The fraction of sp³-hybridized carbons (Fsp3) is 0.400. The SMILES string of the molecule is O=C(Cc1ccccc1)NCC1=C(OC(F)F)/C(=N/OCC2CC2)CC(F)=C1F. The summed E-state index contributed by atoms with van der Waals surface area (Å²) in [5.41, 5.74) is -0.106. The van der Waals surface area contributed by atoms with E-state index in [2.05, 4.69) is 15.2 Å². The van der Waals surface area contributed by atoms with Gasteiger partial charge in [0.15, 0.2) is 11.6 Å². The first-order valence-corrected chi connectivity index (χ1v) is 9.16. The summed E-state index contributed by atoms with van der Waals surface area (Å²) in [5, 5.41) is 6.08. The van der Waals surface area contributed by atoms with Gasteiger partial charge in [-0.3, -0.25) is 4.79 Å². The topological polar surface area (TPSA) is 59.9 Å². The second kappa shape index (κ2) is 9.58. The van der Waals surface area contributed by atoms with E-state index in [-0.39, 0.29) is 18.7 Å². The molecular weight excluding hydrogens is 392 g/mol. The van der Waals surface area contributed by atoms with Gasteiger partial charge in [-0.1, -0.05) is 35.5 Å². The summed E-state index contributed by atoms with van der Waals surface area (Å²) >= 11 is 0. The number of amides is 1. The summed E-state index contributed by atoms with van der Waals surface area (Å²) in [6, 6.07) is 8.75. The molecule has 5 nitrogen and oxygen atoms in total. The minimum absolute atomic E-state index is 0.00157. The number of halogens is 4. The molecule has 0 bridgehead atoms. The van der Waals surface area contributed by atoms with E-state index in [9.17, 15) is 22.4 Å². The molecule has 3 rings (SSSR count). The molecule has 0 heterocycles. The number of hydrogen-bond donors (Lipinski definition) is 1. The smallest absolute Gasteiger partial charge is 0.387 e. The molecular formula is C20H20F4N2O3. The van der Waals surface area contributed by atoms with Crippen molar-refractivity contribution in [3.05, 3.63) is 58.9 Å². The van der Waals surface area contributed by atoms with Gasteiger partial charge in [0.25, 0.3) is 0 Å². The van der Waals surface area contributed by atoms with Gasteiger partial charge in [0.2, 0.25) is 5.91 Å². The number of nitrogens with one attached hydrogen (secondary N) is 1. The van der Waals surface area contributed by atoms with Gasteiger partial charge in [-0.05, 0) is 24.3 Å². The van der Waals surface area contributed by atoms with Crippen LogP contribution in [0.4, 0.5) is 17.6 Å². The van der Waals surface area contributed by atoms with Crippen molar-refractivity contribution in [1.29, 1.82) is 0 Å². The summed E-state index contributed by atoms with van der Waals surface area (Å²) in [5.74, 6) is -3.30. The molecule has 1 N–H and O–H groups in total. The lowest BCUT2D eigenvalue weighted by molar-refractivity contribution is -0.120. The Morgan fingerprint density at radius 2 is 1.93 bits per heavy atom. The molecule has 2 aliphatic carbocycles. The zero-order chi connectivity index (χ0) is 20.8. The first-order valence-electron chi connectivity index (χ1n) is 9.16. The van der Waals surface area contributed by atoms with E-state index in [1.165, 1.54) is 0 Å². The Morgan fingerprint density at radius 3 is 2.59 bits per heavy atom. The predicted molar refractivity (Wildman–Crippen MR) is 97.2 cm³/mol. The van der Waals surface area contributed by atoms with Gasteiger partial charge in [0.1, 0.15) is 18.1 Å². The molecule has 0 atom stereocenters. The van der Waals surface area contributed by atoms with Crippen molar-refractivity contribution in [2.75, 3.05) is 13.2 Å². The van der Waals surface area contributed by atoms with E-state index in [0.717, 1.165) is 12.8 Å². The molecule has 29 heavy (non-hydrogen) atoms. The third-order valence-electron chi connectivity index (χ3n) is 4.42. The molecule has 0 radical (unpaired) electrons. The molecule has 0 aromatic heterocycles. The number of carbonyl (C=O) groups excluding carboxylic acids is 1. The normalized spacial score (nSPS) is 18.4. The van der Waals surface area contributed by atoms with Crippen LogP contribution in [-0.4, -0.2) is 31.4 Å². The summed E-state index contributed by atoms with van der Waals surface area (Å²) in [6.07, 6.45) is 1.28. The number of hydrogen-bond acceptors (Lipinski definition) is 4. The van der Waals surface area contributed by atoms with E-state index < -0.39 is 48.5 Å². The molecule has 1 amide bonds. The van der Waals surface area contributed by atoms with Gasteiger partial charge in [0, 0.05) is 6.54 Å². The highest BCUT2D eigenvalue weighted by Crippen LogP contribution is 2.33. The first kappa shape index (κ1) is 20.9. The lowest BCUT2D eigenvalue weighted by Gasteiger charge is -2.21. The van der Waals surface area contributed by atoms with E-state index in [1.807, 2.05) is 0 Å². The zero-order valence-corrected chi connectivity index (χ0v) is 15.5. The summed E-state index contributed by atoms with van der Waals surface area (Å²) in [7, 11) is 0. The second-order valence-corrected chi connectivity index (χ2v) is 6.80. The van der Waals surface area contributed by atoms with Gasteiger partial charge in [-0.25, -0.2) is 8.78 Å². The van der Waals surface area contributed by atoms with Crippen LogP contribution in [0.25, 0.3) is 0 Å². The fourth-order valence-corrected chi connectivity index (χ4v) is 2.74. The minimum Gasteiger partial charge on any atom is -0.432 e. The number of benzene rings is 1. The molecule has 1 aromatic rings. The van der Waals surface area contributed by atoms with Crippen molar-refractivity contribution in [2.24, 2.45) is 11.1 Å². The zero-order valence-electron chi connectivity index (χ0n) is 15.5. The average molecular weight is 412 g/mol. The highest BCUT2D eigenvalue weighted by molar-refractivity contribution is 6.02. The molecule has 1 saturated carbocycles. The van der Waals surface area contributed by atoms with Crippen LogP contribution in [0, 0.1) is 5.92 Å². The number of allylic oxidation sites excluding steroid dienone is 2. The molecule has 0 saturated heterocycles. The monoisotopic (exact) mass is 412 g/mol. The Morgan fingerprint density at radius 1 is 1.21 bits per heavy atom. The Kier molecular flexibility index (Phi) is 6.90. The average Bonchev–Trinajstić information content (AvgIpc) is 3.50. The maximum absolute atomic E-state index is 14.3. The van der Waals surface area contributed by atoms with Gasteiger partial charge < -0.3 is 14.9 Å². The molecule has 0 spiro atoms.